The molecule has 1 heterocycles. The second-order valence-electron chi connectivity index (χ2n) is 4.75. The molecule has 0 radical (unpaired) electrons. The van der Waals surface area contributed by atoms with Gasteiger partial charge in [0.25, 0.3) is 0 Å². The Morgan fingerprint density at radius 2 is 2.17 bits per heavy atom. The molecule has 4 nitrogen and oxygen atoms in total. The average molecular weight is 269 g/mol. The van der Waals surface area contributed by atoms with E-state index in [1.807, 2.05) is 24.3 Å². The molecule has 100 valence electrons. The van der Waals surface area contributed by atoms with Gasteiger partial charge in [-0.2, -0.15) is 0 Å². The third kappa shape index (κ3) is 2.67. The summed E-state index contributed by atoms with van der Waals surface area (Å²) < 4.78 is 28.5. The molecular weight excluding hydrogens is 250 g/mol. The van der Waals surface area contributed by atoms with Crippen molar-refractivity contribution in [1.82, 2.24) is 0 Å². The molecule has 0 aliphatic carbocycles. The van der Waals surface area contributed by atoms with E-state index in [-0.39, 0.29) is 23.3 Å². The van der Waals surface area contributed by atoms with Gasteiger partial charge in [0.05, 0.1) is 18.6 Å². The van der Waals surface area contributed by atoms with Crippen molar-refractivity contribution in [3.8, 4) is 5.75 Å². The number of nitrogens with two attached hydrogens (primary N) is 1. The number of rotatable bonds is 4. The zero-order valence-corrected chi connectivity index (χ0v) is 11.3. The predicted molar refractivity (Wildman–Crippen MR) is 71.6 cm³/mol. The Hall–Kier alpha value is -1.07. The van der Waals surface area contributed by atoms with Crippen molar-refractivity contribution in [3.63, 3.8) is 0 Å². The molecule has 0 amide bonds. The summed E-state index contributed by atoms with van der Waals surface area (Å²) in [4.78, 5) is 0. The van der Waals surface area contributed by atoms with Crippen LogP contribution in [0.15, 0.2) is 24.3 Å². The summed E-state index contributed by atoms with van der Waals surface area (Å²) in [5, 5.41) is 0. The lowest BCUT2D eigenvalue weighted by Crippen LogP contribution is -2.23. The summed E-state index contributed by atoms with van der Waals surface area (Å²) in [6, 6.07) is 7.70. The van der Waals surface area contributed by atoms with Crippen LogP contribution in [0.4, 0.5) is 0 Å². The number of sulfone groups is 1. The van der Waals surface area contributed by atoms with Crippen LogP contribution in [-0.4, -0.2) is 33.6 Å². The number of hydrogen-bond donors (Lipinski definition) is 1. The lowest BCUT2D eigenvalue weighted by Gasteiger charge is -2.23. The molecule has 2 unspecified atom stereocenters. The largest absolute Gasteiger partial charge is 0.496 e. The van der Waals surface area contributed by atoms with Gasteiger partial charge < -0.3 is 10.5 Å². The minimum atomic E-state index is -2.87. The number of ether oxygens (including phenoxy) is 1. The first kappa shape index (κ1) is 13.4. The fourth-order valence-corrected chi connectivity index (χ4v) is 4.57. The van der Waals surface area contributed by atoms with Crippen molar-refractivity contribution < 1.29 is 13.2 Å². The van der Waals surface area contributed by atoms with Crippen LogP contribution >= 0.6 is 0 Å². The first-order valence-electron chi connectivity index (χ1n) is 6.11. The second-order valence-corrected chi connectivity index (χ2v) is 6.98. The van der Waals surface area contributed by atoms with E-state index in [0.29, 0.717) is 13.0 Å². The zero-order chi connectivity index (χ0) is 13.2. The van der Waals surface area contributed by atoms with Gasteiger partial charge in [-0.3, -0.25) is 0 Å². The third-order valence-corrected chi connectivity index (χ3v) is 5.42. The molecule has 2 atom stereocenters. The molecule has 0 aromatic heterocycles. The Balaban J connectivity index is 2.29. The van der Waals surface area contributed by atoms with E-state index in [1.165, 1.54) is 0 Å². The molecule has 2 N–H and O–H groups in total. The molecule has 1 fully saturated rings. The van der Waals surface area contributed by atoms with Crippen molar-refractivity contribution in [2.75, 3.05) is 25.2 Å². The molecule has 18 heavy (non-hydrogen) atoms. The molecular formula is C13H19NO3S. The highest BCUT2D eigenvalue weighted by atomic mass is 32.2. The molecule has 1 aromatic carbocycles. The molecule has 1 saturated heterocycles. The monoisotopic (exact) mass is 269 g/mol. The fourth-order valence-electron chi connectivity index (χ4n) is 2.69. The number of hydrogen-bond acceptors (Lipinski definition) is 4. The molecule has 1 aliphatic heterocycles. The Morgan fingerprint density at radius 3 is 2.72 bits per heavy atom. The zero-order valence-electron chi connectivity index (χ0n) is 10.5. The Labute approximate surface area is 108 Å². The molecule has 0 spiro atoms. The van der Waals surface area contributed by atoms with Crippen molar-refractivity contribution in [2.45, 2.75) is 12.3 Å². The van der Waals surface area contributed by atoms with Gasteiger partial charge in [-0.05, 0) is 30.5 Å². The van der Waals surface area contributed by atoms with Crippen molar-refractivity contribution in [3.05, 3.63) is 29.8 Å². The predicted octanol–water partition coefficient (Wildman–Crippen LogP) is 1.17. The molecule has 5 heteroatoms. The maximum absolute atomic E-state index is 11.6. The summed E-state index contributed by atoms with van der Waals surface area (Å²) in [5.41, 5.74) is 6.86. The van der Waals surface area contributed by atoms with E-state index in [1.54, 1.807) is 7.11 Å². The van der Waals surface area contributed by atoms with E-state index >= 15 is 0 Å². The topological polar surface area (TPSA) is 69.4 Å². The van der Waals surface area contributed by atoms with Crippen LogP contribution in [0.1, 0.15) is 17.9 Å². The minimum absolute atomic E-state index is 0.0541. The van der Waals surface area contributed by atoms with Gasteiger partial charge in [0.2, 0.25) is 0 Å². The highest BCUT2D eigenvalue weighted by Crippen LogP contribution is 2.36. The first-order chi connectivity index (χ1) is 8.57. The SMILES string of the molecule is COc1ccccc1C(CN)C1CCS(=O)(=O)C1. The van der Waals surface area contributed by atoms with Crippen molar-refractivity contribution in [1.29, 1.82) is 0 Å². The van der Waals surface area contributed by atoms with Crippen LogP contribution in [0.5, 0.6) is 5.75 Å². The van der Waals surface area contributed by atoms with Gasteiger partial charge in [0, 0.05) is 5.92 Å². The smallest absolute Gasteiger partial charge is 0.150 e. The van der Waals surface area contributed by atoms with Gasteiger partial charge in [-0.25, -0.2) is 8.42 Å². The standard InChI is InChI=1S/C13H19NO3S/c1-17-13-5-3-2-4-11(13)12(8-14)10-6-7-18(15,16)9-10/h2-5,10,12H,6-9,14H2,1H3. The molecule has 0 bridgehead atoms. The minimum Gasteiger partial charge on any atom is -0.496 e. The number of para-hydroxylation sites is 1. The molecule has 2 rings (SSSR count). The average Bonchev–Trinajstić information content (AvgIpc) is 2.71. The van der Waals surface area contributed by atoms with E-state index < -0.39 is 9.84 Å². The van der Waals surface area contributed by atoms with E-state index in [9.17, 15) is 8.42 Å². The lowest BCUT2D eigenvalue weighted by molar-refractivity contribution is 0.391. The fraction of sp³-hybridized carbons (Fsp3) is 0.538. The van der Waals surface area contributed by atoms with Crippen molar-refractivity contribution >= 4 is 9.84 Å². The number of methoxy groups -OCH3 is 1. The second kappa shape index (κ2) is 5.28. The van der Waals surface area contributed by atoms with Gasteiger partial charge in [-0.15, -0.1) is 0 Å². The van der Waals surface area contributed by atoms with Gasteiger partial charge in [0.1, 0.15) is 5.75 Å². The quantitative estimate of drug-likeness (QED) is 0.891. The summed E-state index contributed by atoms with van der Waals surface area (Å²) in [6.45, 7) is 0.445. The summed E-state index contributed by atoms with van der Waals surface area (Å²) in [5.74, 6) is 1.47. The van der Waals surface area contributed by atoms with Crippen LogP contribution in [0.25, 0.3) is 0 Å². The van der Waals surface area contributed by atoms with Crippen LogP contribution in [0.2, 0.25) is 0 Å². The Morgan fingerprint density at radius 1 is 1.44 bits per heavy atom. The van der Waals surface area contributed by atoms with E-state index in [0.717, 1.165) is 11.3 Å². The highest BCUT2D eigenvalue weighted by molar-refractivity contribution is 7.91. The van der Waals surface area contributed by atoms with Gasteiger partial charge in [0.15, 0.2) is 9.84 Å². The van der Waals surface area contributed by atoms with Crippen LogP contribution in [0.3, 0.4) is 0 Å². The van der Waals surface area contributed by atoms with Crippen LogP contribution < -0.4 is 10.5 Å². The summed E-state index contributed by atoms with van der Waals surface area (Å²) in [6.07, 6.45) is 0.697. The first-order valence-corrected chi connectivity index (χ1v) is 7.93. The van der Waals surface area contributed by atoms with Crippen molar-refractivity contribution in [2.24, 2.45) is 11.7 Å². The maximum Gasteiger partial charge on any atom is 0.150 e. The highest BCUT2D eigenvalue weighted by Gasteiger charge is 2.34. The molecule has 0 saturated carbocycles. The van der Waals surface area contributed by atoms with E-state index in [2.05, 4.69) is 0 Å². The maximum atomic E-state index is 11.6. The van der Waals surface area contributed by atoms with Gasteiger partial charge in [-0.1, -0.05) is 18.2 Å². The normalized spacial score (nSPS) is 23.8. The molecule has 1 aliphatic rings. The Bertz CT molecular complexity index is 513. The lowest BCUT2D eigenvalue weighted by atomic mass is 9.85. The summed E-state index contributed by atoms with van der Waals surface area (Å²) in [7, 11) is -1.25. The summed E-state index contributed by atoms with van der Waals surface area (Å²) >= 11 is 0. The van der Waals surface area contributed by atoms with Crippen LogP contribution in [-0.2, 0) is 9.84 Å². The number of benzene rings is 1. The van der Waals surface area contributed by atoms with Crippen LogP contribution in [0, 0.1) is 5.92 Å². The Kier molecular flexibility index (Phi) is 3.92. The van der Waals surface area contributed by atoms with E-state index in [4.69, 9.17) is 10.5 Å². The third-order valence-electron chi connectivity index (χ3n) is 3.63. The molecule has 1 aromatic rings. The van der Waals surface area contributed by atoms with Gasteiger partial charge >= 0.3 is 0 Å².